The minimum absolute atomic E-state index is 0.0963. The van der Waals surface area contributed by atoms with E-state index in [1.807, 2.05) is 33.2 Å². The van der Waals surface area contributed by atoms with Crippen LogP contribution < -0.4 is 5.32 Å². The Balaban J connectivity index is 2.13. The van der Waals surface area contributed by atoms with Gasteiger partial charge in [0.2, 0.25) is 0 Å². The van der Waals surface area contributed by atoms with Crippen molar-refractivity contribution in [2.45, 2.75) is 19.5 Å². The van der Waals surface area contributed by atoms with Gasteiger partial charge in [-0.25, -0.2) is 4.39 Å². The number of nitrogens with one attached hydrogen (secondary N) is 1. The predicted molar refractivity (Wildman–Crippen MR) is 87.3 cm³/mol. The summed E-state index contributed by atoms with van der Waals surface area (Å²) < 4.78 is 13.0. The molecule has 0 saturated carbocycles. The highest BCUT2D eigenvalue weighted by molar-refractivity contribution is 6.31. The van der Waals surface area contributed by atoms with Gasteiger partial charge in [-0.3, -0.25) is 0 Å². The Labute approximate surface area is 130 Å². The van der Waals surface area contributed by atoms with Crippen molar-refractivity contribution in [3.63, 3.8) is 0 Å². The van der Waals surface area contributed by atoms with Gasteiger partial charge in [-0.05, 0) is 62.5 Å². The molecule has 2 aromatic carbocycles. The van der Waals surface area contributed by atoms with E-state index in [-0.39, 0.29) is 11.9 Å². The summed E-state index contributed by atoms with van der Waals surface area (Å²) in [7, 11) is 4.02. The van der Waals surface area contributed by atoms with Crippen molar-refractivity contribution in [1.29, 1.82) is 0 Å². The van der Waals surface area contributed by atoms with Gasteiger partial charge in [-0.2, -0.15) is 0 Å². The number of nitrogens with zero attached hydrogens (tertiary/aromatic N) is 1. The molecule has 0 aliphatic rings. The fraction of sp³-hybridized carbons (Fsp3) is 0.294. The second-order valence-electron chi connectivity index (χ2n) is 5.46. The molecule has 0 saturated heterocycles. The first-order valence-electron chi connectivity index (χ1n) is 6.91. The molecule has 0 heterocycles. The maximum Gasteiger partial charge on any atom is 0.123 e. The molecule has 0 aliphatic heterocycles. The van der Waals surface area contributed by atoms with Crippen molar-refractivity contribution < 1.29 is 4.39 Å². The summed E-state index contributed by atoms with van der Waals surface area (Å²) in [4.78, 5) is 2.08. The molecule has 2 rings (SSSR count). The largest absolute Gasteiger partial charge is 0.379 e. The lowest BCUT2D eigenvalue weighted by molar-refractivity contribution is 0.402. The topological polar surface area (TPSA) is 15.3 Å². The zero-order chi connectivity index (χ0) is 15.4. The maximum absolute atomic E-state index is 13.0. The van der Waals surface area contributed by atoms with E-state index in [1.165, 1.54) is 12.1 Å². The van der Waals surface area contributed by atoms with Gasteiger partial charge in [-0.1, -0.05) is 23.7 Å². The normalized spacial score (nSPS) is 12.5. The molecule has 0 bridgehead atoms. The van der Waals surface area contributed by atoms with E-state index in [4.69, 9.17) is 11.6 Å². The number of halogens is 2. The number of rotatable bonds is 5. The Morgan fingerprint density at radius 2 is 1.81 bits per heavy atom. The van der Waals surface area contributed by atoms with Crippen LogP contribution in [0.3, 0.4) is 0 Å². The van der Waals surface area contributed by atoms with E-state index in [9.17, 15) is 4.39 Å². The Morgan fingerprint density at radius 1 is 1.14 bits per heavy atom. The molecular weight excluding hydrogens is 287 g/mol. The average molecular weight is 307 g/mol. The molecule has 21 heavy (non-hydrogen) atoms. The van der Waals surface area contributed by atoms with Gasteiger partial charge in [0.15, 0.2) is 0 Å². The molecule has 112 valence electrons. The maximum atomic E-state index is 13.0. The second kappa shape index (κ2) is 6.92. The molecule has 0 aromatic heterocycles. The fourth-order valence-corrected chi connectivity index (χ4v) is 2.39. The summed E-state index contributed by atoms with van der Waals surface area (Å²) in [5, 5.41) is 4.19. The van der Waals surface area contributed by atoms with E-state index >= 15 is 0 Å². The van der Waals surface area contributed by atoms with Crippen LogP contribution in [0.25, 0.3) is 0 Å². The molecule has 1 atom stereocenters. The first-order valence-corrected chi connectivity index (χ1v) is 7.28. The Hall–Kier alpha value is -1.58. The molecule has 2 aromatic rings. The van der Waals surface area contributed by atoms with Gasteiger partial charge >= 0.3 is 0 Å². The highest BCUT2D eigenvalue weighted by Gasteiger charge is 2.08. The van der Waals surface area contributed by atoms with Crippen molar-refractivity contribution >= 4 is 17.3 Å². The van der Waals surface area contributed by atoms with Crippen molar-refractivity contribution in [3.8, 4) is 0 Å². The molecule has 1 N–H and O–H groups in total. The zero-order valence-corrected chi connectivity index (χ0v) is 13.3. The van der Waals surface area contributed by atoms with Gasteiger partial charge in [-0.15, -0.1) is 0 Å². The summed E-state index contributed by atoms with van der Waals surface area (Å²) in [6, 6.07) is 12.6. The first-order chi connectivity index (χ1) is 9.95. The third-order valence-corrected chi connectivity index (χ3v) is 3.65. The molecule has 0 spiro atoms. The van der Waals surface area contributed by atoms with Crippen LogP contribution in [-0.4, -0.2) is 19.0 Å². The summed E-state index contributed by atoms with van der Waals surface area (Å²) in [6.07, 6.45) is 0. The van der Waals surface area contributed by atoms with Crippen molar-refractivity contribution in [2.24, 2.45) is 0 Å². The highest BCUT2D eigenvalue weighted by atomic mass is 35.5. The monoisotopic (exact) mass is 306 g/mol. The summed E-state index contributed by atoms with van der Waals surface area (Å²) in [6.45, 7) is 2.84. The van der Waals surface area contributed by atoms with Crippen LogP contribution in [0, 0.1) is 5.82 Å². The summed E-state index contributed by atoms with van der Waals surface area (Å²) >= 11 is 6.22. The fourth-order valence-electron chi connectivity index (χ4n) is 2.21. The van der Waals surface area contributed by atoms with Crippen LogP contribution in [0.1, 0.15) is 24.1 Å². The minimum Gasteiger partial charge on any atom is -0.379 e. The third-order valence-electron chi connectivity index (χ3n) is 3.29. The van der Waals surface area contributed by atoms with E-state index in [1.54, 1.807) is 12.1 Å². The van der Waals surface area contributed by atoms with Gasteiger partial charge in [0.1, 0.15) is 5.82 Å². The van der Waals surface area contributed by atoms with E-state index in [0.717, 1.165) is 28.4 Å². The van der Waals surface area contributed by atoms with Gasteiger partial charge < -0.3 is 10.2 Å². The molecular formula is C17H20ClFN2. The summed E-state index contributed by atoms with van der Waals surface area (Å²) in [5.41, 5.74) is 3.13. The SMILES string of the molecule is C[C@@H](Nc1ccc(Cl)c(CN(C)C)c1)c1ccc(F)cc1. The van der Waals surface area contributed by atoms with E-state index in [0.29, 0.717) is 0 Å². The number of benzene rings is 2. The van der Waals surface area contributed by atoms with Gasteiger partial charge in [0, 0.05) is 23.3 Å². The van der Waals surface area contributed by atoms with Crippen LogP contribution in [0.5, 0.6) is 0 Å². The minimum atomic E-state index is -0.217. The Morgan fingerprint density at radius 3 is 2.43 bits per heavy atom. The summed E-state index contributed by atoms with van der Waals surface area (Å²) in [5.74, 6) is -0.217. The molecule has 4 heteroatoms. The highest BCUT2D eigenvalue weighted by Crippen LogP contribution is 2.25. The second-order valence-corrected chi connectivity index (χ2v) is 5.87. The molecule has 0 radical (unpaired) electrons. The van der Waals surface area contributed by atoms with Gasteiger partial charge in [0.25, 0.3) is 0 Å². The standard InChI is InChI=1S/C17H20ClFN2/c1-12(13-4-6-15(19)7-5-13)20-16-8-9-17(18)14(10-16)11-21(2)3/h4-10,12,20H,11H2,1-3H3/t12-/m1/s1. The lowest BCUT2D eigenvalue weighted by Crippen LogP contribution is -2.12. The van der Waals surface area contributed by atoms with Crippen molar-refractivity contribution in [3.05, 3.63) is 64.4 Å². The zero-order valence-electron chi connectivity index (χ0n) is 12.5. The number of hydrogen-bond donors (Lipinski definition) is 1. The number of hydrogen-bond acceptors (Lipinski definition) is 2. The third kappa shape index (κ3) is 4.45. The van der Waals surface area contributed by atoms with Crippen LogP contribution in [0.2, 0.25) is 5.02 Å². The average Bonchev–Trinajstić information content (AvgIpc) is 2.42. The van der Waals surface area contributed by atoms with Gasteiger partial charge in [0.05, 0.1) is 0 Å². The Bertz CT molecular complexity index is 596. The van der Waals surface area contributed by atoms with Crippen LogP contribution in [-0.2, 0) is 6.54 Å². The molecule has 2 nitrogen and oxygen atoms in total. The van der Waals surface area contributed by atoms with Crippen LogP contribution in [0.4, 0.5) is 10.1 Å². The molecule has 0 aliphatic carbocycles. The molecule has 0 fully saturated rings. The number of anilines is 1. The lowest BCUT2D eigenvalue weighted by atomic mass is 10.1. The van der Waals surface area contributed by atoms with Crippen LogP contribution >= 0.6 is 11.6 Å². The first kappa shape index (κ1) is 15.8. The van der Waals surface area contributed by atoms with E-state index < -0.39 is 0 Å². The quantitative estimate of drug-likeness (QED) is 0.860. The predicted octanol–water partition coefficient (Wildman–Crippen LogP) is 4.71. The molecule has 0 amide bonds. The van der Waals surface area contributed by atoms with Crippen molar-refractivity contribution in [1.82, 2.24) is 4.90 Å². The Kier molecular flexibility index (Phi) is 5.21. The van der Waals surface area contributed by atoms with Crippen molar-refractivity contribution in [2.75, 3.05) is 19.4 Å². The smallest absolute Gasteiger partial charge is 0.123 e. The molecule has 0 unspecified atom stereocenters. The van der Waals surface area contributed by atoms with Crippen LogP contribution in [0.15, 0.2) is 42.5 Å². The van der Waals surface area contributed by atoms with E-state index in [2.05, 4.69) is 16.3 Å². The lowest BCUT2D eigenvalue weighted by Gasteiger charge is -2.18.